The highest BCUT2D eigenvalue weighted by atomic mass is 35.5. The zero-order chi connectivity index (χ0) is 31.8. The van der Waals surface area contributed by atoms with Gasteiger partial charge in [-0.05, 0) is 75.3 Å². The maximum atomic E-state index is 10.9. The van der Waals surface area contributed by atoms with Crippen molar-refractivity contribution in [3.8, 4) is 0 Å². The Labute approximate surface area is 264 Å². The molecule has 0 heterocycles. The van der Waals surface area contributed by atoms with Gasteiger partial charge in [-0.25, -0.2) is 4.79 Å². The molecule has 0 saturated heterocycles. The number of halogens is 2. The van der Waals surface area contributed by atoms with Crippen LogP contribution in [0.5, 0.6) is 0 Å². The normalized spacial score (nSPS) is 13.4. The van der Waals surface area contributed by atoms with Gasteiger partial charge < -0.3 is 14.6 Å². The van der Waals surface area contributed by atoms with Crippen LogP contribution in [0.4, 0.5) is 0 Å². The third kappa shape index (κ3) is 11.3. The van der Waals surface area contributed by atoms with Crippen LogP contribution in [0.3, 0.4) is 0 Å². The van der Waals surface area contributed by atoms with Crippen molar-refractivity contribution in [2.24, 2.45) is 5.92 Å². The van der Waals surface area contributed by atoms with Crippen LogP contribution in [0.2, 0.25) is 10.0 Å². The van der Waals surface area contributed by atoms with Gasteiger partial charge in [0.25, 0.3) is 0 Å². The quantitative estimate of drug-likeness (QED) is 0.138. The van der Waals surface area contributed by atoms with Gasteiger partial charge in [0.15, 0.2) is 0 Å². The minimum absolute atomic E-state index is 0.256. The summed E-state index contributed by atoms with van der Waals surface area (Å²) in [6.07, 6.45) is 8.51. The van der Waals surface area contributed by atoms with E-state index in [1.165, 1.54) is 0 Å². The Hall–Kier alpha value is -2.53. The van der Waals surface area contributed by atoms with Gasteiger partial charge in [-0.1, -0.05) is 106 Å². The Morgan fingerprint density at radius 3 is 2.07 bits per heavy atom. The minimum atomic E-state index is -0.876. The van der Waals surface area contributed by atoms with Crippen LogP contribution in [0.1, 0.15) is 95.4 Å². The topological polar surface area (TPSA) is 55.8 Å². The summed E-state index contributed by atoms with van der Waals surface area (Å²) in [5.74, 6) is 0.546. The van der Waals surface area contributed by atoms with E-state index in [-0.39, 0.29) is 6.10 Å². The number of aryl methyl sites for hydroxylation is 2. The summed E-state index contributed by atoms with van der Waals surface area (Å²) >= 11 is 12.8. The first-order valence-corrected chi connectivity index (χ1v) is 15.8. The second-order valence-electron chi connectivity index (χ2n) is 10.2. The molecule has 0 bridgehead atoms. The number of benzene rings is 2. The fraction of sp³-hybridized carbons (Fsp3) is 0.472. The maximum absolute atomic E-state index is 10.9. The number of rotatable bonds is 13. The summed E-state index contributed by atoms with van der Waals surface area (Å²) in [6, 6.07) is 11.3. The molecule has 0 spiro atoms. The molecule has 232 valence electrons. The van der Waals surface area contributed by atoms with Gasteiger partial charge in [0.1, 0.15) is 5.76 Å². The SMILES string of the molecule is C/C=C(/C(=O)O)c1ccc(C)cc1C.C=C(/C(COC(CCC)CCC)=C(\OC)C1CC1)c1c(Cl)cccc1Cl.CC. The highest BCUT2D eigenvalue weighted by Crippen LogP contribution is 2.43. The number of hydrogen-bond acceptors (Lipinski definition) is 3. The predicted octanol–water partition coefficient (Wildman–Crippen LogP) is 11.1. The van der Waals surface area contributed by atoms with Crippen LogP contribution in [0.25, 0.3) is 11.1 Å². The van der Waals surface area contributed by atoms with Crippen molar-refractivity contribution in [2.75, 3.05) is 13.7 Å². The van der Waals surface area contributed by atoms with Crippen LogP contribution in [0, 0.1) is 19.8 Å². The zero-order valence-corrected chi connectivity index (χ0v) is 28.3. The number of carboxylic acid groups (broad SMARTS) is 1. The molecule has 2 aromatic carbocycles. The van der Waals surface area contributed by atoms with E-state index in [2.05, 4.69) is 20.4 Å². The zero-order valence-electron chi connectivity index (χ0n) is 26.8. The van der Waals surface area contributed by atoms with Crippen molar-refractivity contribution < 1.29 is 19.4 Å². The highest BCUT2D eigenvalue weighted by Gasteiger charge is 2.31. The Morgan fingerprint density at radius 1 is 1.07 bits per heavy atom. The molecule has 42 heavy (non-hydrogen) atoms. The van der Waals surface area contributed by atoms with E-state index in [1.807, 2.05) is 64.1 Å². The van der Waals surface area contributed by atoms with Crippen LogP contribution >= 0.6 is 23.2 Å². The number of allylic oxidation sites excluding steroid dienone is 2. The number of ether oxygens (including phenoxy) is 2. The summed E-state index contributed by atoms with van der Waals surface area (Å²) in [6.45, 7) is 18.8. The molecular formula is C36H50Cl2O4. The van der Waals surface area contributed by atoms with E-state index >= 15 is 0 Å². The molecule has 1 aliphatic carbocycles. The summed E-state index contributed by atoms with van der Waals surface area (Å²) in [7, 11) is 1.73. The number of methoxy groups -OCH3 is 1. The van der Waals surface area contributed by atoms with Gasteiger partial charge in [0, 0.05) is 27.1 Å². The second-order valence-corrected chi connectivity index (χ2v) is 11.0. The molecule has 3 rings (SSSR count). The van der Waals surface area contributed by atoms with Crippen molar-refractivity contribution in [1.82, 2.24) is 0 Å². The van der Waals surface area contributed by atoms with E-state index in [0.717, 1.165) is 77.7 Å². The first-order valence-electron chi connectivity index (χ1n) is 15.1. The van der Waals surface area contributed by atoms with Crippen molar-refractivity contribution >= 4 is 40.3 Å². The van der Waals surface area contributed by atoms with E-state index in [0.29, 0.717) is 28.1 Å². The number of hydrogen-bond donors (Lipinski definition) is 1. The number of carbonyl (C=O) groups is 1. The molecule has 4 nitrogen and oxygen atoms in total. The third-order valence-electron chi connectivity index (χ3n) is 6.97. The lowest BCUT2D eigenvalue weighted by molar-refractivity contribution is -0.130. The fourth-order valence-corrected chi connectivity index (χ4v) is 5.42. The van der Waals surface area contributed by atoms with Crippen LogP contribution in [-0.4, -0.2) is 30.9 Å². The van der Waals surface area contributed by atoms with Crippen molar-refractivity contribution in [3.05, 3.63) is 92.7 Å². The summed E-state index contributed by atoms with van der Waals surface area (Å²) in [5.41, 5.74) is 5.87. The van der Waals surface area contributed by atoms with Gasteiger partial charge in [0.05, 0.1) is 25.4 Å². The summed E-state index contributed by atoms with van der Waals surface area (Å²) in [4.78, 5) is 10.9. The predicted molar refractivity (Wildman–Crippen MR) is 180 cm³/mol. The molecule has 2 aromatic rings. The fourth-order valence-electron chi connectivity index (χ4n) is 4.79. The molecule has 6 heteroatoms. The molecule has 0 atom stereocenters. The van der Waals surface area contributed by atoms with Crippen LogP contribution in [0.15, 0.2) is 60.4 Å². The Kier molecular flexibility index (Phi) is 17.5. The molecule has 0 radical (unpaired) electrons. The largest absolute Gasteiger partial charge is 0.500 e. The average molecular weight is 618 g/mol. The Bertz CT molecular complexity index is 1200. The first kappa shape index (κ1) is 37.5. The minimum Gasteiger partial charge on any atom is -0.500 e. The molecule has 0 unspecified atom stereocenters. The Morgan fingerprint density at radius 2 is 1.64 bits per heavy atom. The molecule has 1 fully saturated rings. The van der Waals surface area contributed by atoms with E-state index in [9.17, 15) is 4.79 Å². The number of carboxylic acids is 1. The molecular weight excluding hydrogens is 567 g/mol. The molecule has 0 amide bonds. The summed E-state index contributed by atoms with van der Waals surface area (Å²) in [5, 5.41) is 10.2. The molecule has 0 aliphatic heterocycles. The van der Waals surface area contributed by atoms with E-state index in [4.69, 9.17) is 37.8 Å². The molecule has 0 aromatic heterocycles. The van der Waals surface area contributed by atoms with Gasteiger partial charge in [-0.2, -0.15) is 0 Å². The lowest BCUT2D eigenvalue weighted by Gasteiger charge is -2.22. The Balaban J connectivity index is 0.000000465. The van der Waals surface area contributed by atoms with E-state index < -0.39 is 5.97 Å². The van der Waals surface area contributed by atoms with Crippen molar-refractivity contribution in [3.63, 3.8) is 0 Å². The lowest BCUT2D eigenvalue weighted by atomic mass is 9.97. The second kappa shape index (κ2) is 19.6. The lowest BCUT2D eigenvalue weighted by Crippen LogP contribution is -2.16. The van der Waals surface area contributed by atoms with Gasteiger partial charge in [0.2, 0.25) is 0 Å². The summed E-state index contributed by atoms with van der Waals surface area (Å²) < 4.78 is 12.0. The third-order valence-corrected chi connectivity index (χ3v) is 7.60. The van der Waals surface area contributed by atoms with Gasteiger partial charge in [-0.3, -0.25) is 0 Å². The van der Waals surface area contributed by atoms with Gasteiger partial charge >= 0.3 is 5.97 Å². The smallest absolute Gasteiger partial charge is 0.335 e. The number of aliphatic carboxylic acids is 1. The maximum Gasteiger partial charge on any atom is 0.335 e. The molecule has 1 saturated carbocycles. The van der Waals surface area contributed by atoms with Crippen LogP contribution < -0.4 is 0 Å². The monoisotopic (exact) mass is 616 g/mol. The molecule has 1 N–H and O–H groups in total. The highest BCUT2D eigenvalue weighted by molar-refractivity contribution is 6.37. The van der Waals surface area contributed by atoms with E-state index in [1.54, 1.807) is 20.1 Å². The van der Waals surface area contributed by atoms with Crippen molar-refractivity contribution in [2.45, 2.75) is 93.1 Å². The molecule has 1 aliphatic rings. The standard InChI is InChI=1S/C22H30Cl2O2.C12H14O2.C2H6/c1-5-8-17(9-6-2)26-14-18(22(25-4)16-12-13-16)15(3)21-19(23)10-7-11-20(21)24;1-4-10(12(13)14)11-6-5-8(2)7-9(11)3;1-2/h7,10-11,16-17H,3,5-6,8-9,12-14H2,1-2,4H3;4-7H,1-3H3,(H,13,14);1-2H3/b22-18-;10-4+;. The average Bonchev–Trinajstić information content (AvgIpc) is 3.79. The first-order chi connectivity index (χ1) is 20.1. The van der Waals surface area contributed by atoms with Crippen LogP contribution in [-0.2, 0) is 14.3 Å². The van der Waals surface area contributed by atoms with Gasteiger partial charge in [-0.15, -0.1) is 0 Å². The van der Waals surface area contributed by atoms with Crippen molar-refractivity contribution in [1.29, 1.82) is 0 Å².